The first-order valence-electron chi connectivity index (χ1n) is 8.28. The molecule has 2 saturated heterocycles. The Kier molecular flexibility index (Phi) is 4.38. The normalized spacial score (nSPS) is 26.5. The maximum Gasteiger partial charge on any atom is 0.410 e. The molecule has 0 aliphatic carbocycles. The number of likely N-dealkylation sites (N-methyl/N-ethyl adjacent to an activating group) is 1. The Hall–Kier alpha value is -1.56. The Morgan fingerprint density at radius 3 is 2.95 bits per heavy atom. The third kappa shape index (κ3) is 3.11. The van der Waals surface area contributed by atoms with Crippen LogP contribution in [0.15, 0.2) is 12.4 Å². The molecule has 1 aromatic rings. The maximum atomic E-state index is 11.7. The summed E-state index contributed by atoms with van der Waals surface area (Å²) in [7, 11) is 1.82. The van der Waals surface area contributed by atoms with Crippen LogP contribution in [-0.2, 0) is 17.8 Å². The molecular weight excluding hydrogens is 280 g/mol. The van der Waals surface area contributed by atoms with Crippen molar-refractivity contribution in [1.82, 2.24) is 19.4 Å². The summed E-state index contributed by atoms with van der Waals surface area (Å²) in [5.41, 5.74) is -0.264. The van der Waals surface area contributed by atoms with Gasteiger partial charge in [-0.1, -0.05) is 6.92 Å². The van der Waals surface area contributed by atoms with E-state index in [4.69, 9.17) is 4.74 Å². The fourth-order valence-corrected chi connectivity index (χ4v) is 3.57. The Morgan fingerprint density at radius 2 is 2.23 bits per heavy atom. The van der Waals surface area contributed by atoms with Gasteiger partial charge in [0, 0.05) is 39.0 Å². The van der Waals surface area contributed by atoms with E-state index in [1.165, 1.54) is 0 Å². The number of imidazole rings is 1. The number of aromatic nitrogens is 2. The summed E-state index contributed by atoms with van der Waals surface area (Å²) in [5.74, 6) is 1.14. The lowest BCUT2D eigenvalue weighted by atomic mass is 9.95. The van der Waals surface area contributed by atoms with Gasteiger partial charge < -0.3 is 14.2 Å². The molecule has 2 aliphatic rings. The Morgan fingerprint density at radius 1 is 1.36 bits per heavy atom. The lowest BCUT2D eigenvalue weighted by Crippen LogP contribution is -2.35. The monoisotopic (exact) mass is 306 g/mol. The summed E-state index contributed by atoms with van der Waals surface area (Å²) in [6, 6.07) is 0. The topological polar surface area (TPSA) is 50.6 Å². The summed E-state index contributed by atoms with van der Waals surface area (Å²) in [4.78, 5) is 20.3. The van der Waals surface area contributed by atoms with Gasteiger partial charge in [-0.3, -0.25) is 4.90 Å². The molecule has 1 unspecified atom stereocenters. The lowest BCUT2D eigenvalue weighted by Gasteiger charge is -2.25. The highest BCUT2D eigenvalue weighted by Crippen LogP contribution is 2.32. The second-order valence-electron chi connectivity index (χ2n) is 6.57. The molecule has 2 aliphatic heterocycles. The van der Waals surface area contributed by atoms with Gasteiger partial charge in [-0.15, -0.1) is 0 Å². The van der Waals surface area contributed by atoms with Crippen LogP contribution in [0.3, 0.4) is 0 Å². The summed E-state index contributed by atoms with van der Waals surface area (Å²) in [5, 5.41) is 0. The highest BCUT2D eigenvalue weighted by Gasteiger charge is 2.44. The van der Waals surface area contributed by atoms with Crippen molar-refractivity contribution in [2.45, 2.75) is 51.3 Å². The van der Waals surface area contributed by atoms with Crippen molar-refractivity contribution in [3.63, 3.8) is 0 Å². The molecule has 3 rings (SSSR count). The van der Waals surface area contributed by atoms with Gasteiger partial charge in [0.15, 0.2) is 0 Å². The highest BCUT2D eigenvalue weighted by molar-refractivity contribution is 5.70. The van der Waals surface area contributed by atoms with Gasteiger partial charge in [0.1, 0.15) is 11.4 Å². The average molecular weight is 306 g/mol. The van der Waals surface area contributed by atoms with Gasteiger partial charge in [0.05, 0.1) is 13.1 Å². The second kappa shape index (κ2) is 6.28. The molecular formula is C16H26N4O2. The van der Waals surface area contributed by atoms with Gasteiger partial charge in [0.25, 0.3) is 0 Å². The van der Waals surface area contributed by atoms with Crippen LogP contribution in [0.5, 0.6) is 0 Å². The molecule has 2 fully saturated rings. The molecule has 0 aromatic carbocycles. The molecule has 1 atom stereocenters. The molecule has 22 heavy (non-hydrogen) atoms. The number of amides is 1. The Labute approximate surface area is 132 Å². The van der Waals surface area contributed by atoms with Crippen molar-refractivity contribution in [2.75, 3.05) is 26.7 Å². The molecule has 0 saturated carbocycles. The minimum atomic E-state index is -0.264. The van der Waals surface area contributed by atoms with Gasteiger partial charge in [-0.05, 0) is 25.8 Å². The standard InChI is InChI=1S/C16H26N4O2/c1-3-8-20-11-7-17-14(20)12-19-9-4-5-16(6-10-19)13-18(2)15(21)22-16/h7,11H,3-6,8-10,12-13H2,1-2H3. The van der Waals surface area contributed by atoms with Gasteiger partial charge in [-0.2, -0.15) is 0 Å². The number of carbonyl (C=O) groups is 1. The number of rotatable bonds is 4. The summed E-state index contributed by atoms with van der Waals surface area (Å²) >= 11 is 0. The van der Waals surface area contributed by atoms with Gasteiger partial charge >= 0.3 is 6.09 Å². The van der Waals surface area contributed by atoms with Crippen LogP contribution in [0, 0.1) is 0 Å². The first-order chi connectivity index (χ1) is 10.6. The van der Waals surface area contributed by atoms with Crippen molar-refractivity contribution >= 4 is 6.09 Å². The smallest absolute Gasteiger partial charge is 0.410 e. The number of likely N-dealkylation sites (tertiary alicyclic amines) is 1. The predicted octanol–water partition coefficient (Wildman–Crippen LogP) is 2.10. The van der Waals surface area contributed by atoms with E-state index in [1.54, 1.807) is 4.90 Å². The molecule has 6 nitrogen and oxygen atoms in total. The molecule has 3 heterocycles. The maximum absolute atomic E-state index is 11.7. The molecule has 0 N–H and O–H groups in total. The van der Waals surface area contributed by atoms with E-state index in [-0.39, 0.29) is 11.7 Å². The molecule has 6 heteroatoms. The third-order valence-electron chi connectivity index (χ3n) is 4.76. The molecule has 0 bridgehead atoms. The summed E-state index contributed by atoms with van der Waals surface area (Å²) < 4.78 is 7.91. The number of hydrogen-bond donors (Lipinski definition) is 0. The van der Waals surface area contributed by atoms with Crippen LogP contribution >= 0.6 is 0 Å². The first-order valence-corrected chi connectivity index (χ1v) is 8.28. The van der Waals surface area contributed by atoms with E-state index in [2.05, 4.69) is 27.6 Å². The lowest BCUT2D eigenvalue weighted by molar-refractivity contribution is 0.0442. The molecule has 1 aromatic heterocycles. The zero-order valence-electron chi connectivity index (χ0n) is 13.6. The number of nitrogens with zero attached hydrogens (tertiary/aromatic N) is 4. The van der Waals surface area contributed by atoms with Crippen molar-refractivity contribution in [1.29, 1.82) is 0 Å². The third-order valence-corrected chi connectivity index (χ3v) is 4.76. The van der Waals surface area contributed by atoms with E-state index in [1.807, 2.05) is 13.2 Å². The fourth-order valence-electron chi connectivity index (χ4n) is 3.57. The Balaban J connectivity index is 1.61. The van der Waals surface area contributed by atoms with E-state index in [9.17, 15) is 4.79 Å². The first kappa shape index (κ1) is 15.3. The summed E-state index contributed by atoms with van der Waals surface area (Å²) in [6.45, 7) is 6.82. The molecule has 122 valence electrons. The quantitative estimate of drug-likeness (QED) is 0.855. The molecule has 1 amide bonds. The van der Waals surface area contributed by atoms with Crippen LogP contribution in [-0.4, -0.2) is 57.7 Å². The Bertz CT molecular complexity index is 530. The summed E-state index contributed by atoms with van der Waals surface area (Å²) in [6.07, 6.45) is 7.83. The highest BCUT2D eigenvalue weighted by atomic mass is 16.6. The fraction of sp³-hybridized carbons (Fsp3) is 0.750. The van der Waals surface area contributed by atoms with Gasteiger partial charge in [0.2, 0.25) is 0 Å². The van der Waals surface area contributed by atoms with Crippen LogP contribution < -0.4 is 0 Å². The van der Waals surface area contributed by atoms with E-state index >= 15 is 0 Å². The number of hydrogen-bond acceptors (Lipinski definition) is 4. The van der Waals surface area contributed by atoms with Crippen molar-refractivity contribution in [3.8, 4) is 0 Å². The van der Waals surface area contributed by atoms with Crippen LogP contribution in [0.25, 0.3) is 0 Å². The van der Waals surface area contributed by atoms with Crippen LogP contribution in [0.1, 0.15) is 38.4 Å². The zero-order chi connectivity index (χ0) is 15.6. The van der Waals surface area contributed by atoms with Crippen molar-refractivity contribution < 1.29 is 9.53 Å². The number of aryl methyl sites for hydroxylation is 1. The second-order valence-corrected chi connectivity index (χ2v) is 6.57. The van der Waals surface area contributed by atoms with Crippen LogP contribution in [0.4, 0.5) is 4.79 Å². The van der Waals surface area contributed by atoms with Crippen LogP contribution in [0.2, 0.25) is 0 Å². The molecule has 0 radical (unpaired) electrons. The van der Waals surface area contributed by atoms with Crippen molar-refractivity contribution in [3.05, 3.63) is 18.2 Å². The number of ether oxygens (including phenoxy) is 1. The van der Waals surface area contributed by atoms with Gasteiger partial charge in [-0.25, -0.2) is 9.78 Å². The SMILES string of the molecule is CCCn1ccnc1CN1CCCC2(CC1)CN(C)C(=O)O2. The number of carbonyl (C=O) groups excluding carboxylic acids is 1. The van der Waals surface area contributed by atoms with E-state index < -0.39 is 0 Å². The predicted molar refractivity (Wildman–Crippen MR) is 83.5 cm³/mol. The van der Waals surface area contributed by atoms with Crippen molar-refractivity contribution in [2.24, 2.45) is 0 Å². The van der Waals surface area contributed by atoms with E-state index in [0.29, 0.717) is 0 Å². The zero-order valence-corrected chi connectivity index (χ0v) is 13.6. The average Bonchev–Trinajstić information content (AvgIpc) is 2.95. The van der Waals surface area contributed by atoms with E-state index in [0.717, 1.165) is 64.2 Å². The largest absolute Gasteiger partial charge is 0.441 e. The minimum absolute atomic E-state index is 0.174. The molecule has 1 spiro atoms. The minimum Gasteiger partial charge on any atom is -0.441 e.